The molecule has 1 heterocycles. The Balaban J connectivity index is 2.20. The smallest absolute Gasteiger partial charge is 0.234 e. The fraction of sp³-hybridized carbons (Fsp3) is 0.923. The molecule has 4 nitrogen and oxygen atoms in total. The first-order chi connectivity index (χ1) is 7.97. The van der Waals surface area contributed by atoms with Crippen LogP contribution >= 0.6 is 0 Å². The van der Waals surface area contributed by atoms with Gasteiger partial charge in [-0.15, -0.1) is 0 Å². The van der Waals surface area contributed by atoms with E-state index in [9.17, 15) is 4.79 Å². The fourth-order valence-electron chi connectivity index (χ4n) is 2.40. The molecule has 0 spiro atoms. The van der Waals surface area contributed by atoms with Gasteiger partial charge in [0.15, 0.2) is 0 Å². The Morgan fingerprint density at radius 2 is 1.94 bits per heavy atom. The average molecular weight is 241 g/mol. The Labute approximate surface area is 105 Å². The van der Waals surface area contributed by atoms with Crippen LogP contribution in [-0.2, 0) is 4.79 Å². The first-order valence-electron chi connectivity index (χ1n) is 6.74. The van der Waals surface area contributed by atoms with Gasteiger partial charge in [-0.2, -0.15) is 0 Å². The molecule has 0 radical (unpaired) electrons. The predicted molar refractivity (Wildman–Crippen MR) is 70.7 cm³/mol. The van der Waals surface area contributed by atoms with E-state index in [0.29, 0.717) is 18.5 Å². The molecule has 1 fully saturated rings. The van der Waals surface area contributed by atoms with E-state index in [1.807, 2.05) is 0 Å². The number of piperidine rings is 1. The van der Waals surface area contributed by atoms with Crippen molar-refractivity contribution in [2.45, 2.75) is 52.1 Å². The first-order valence-corrected chi connectivity index (χ1v) is 6.74. The lowest BCUT2D eigenvalue weighted by Gasteiger charge is -2.29. The van der Waals surface area contributed by atoms with Crippen LogP contribution in [0.4, 0.5) is 0 Å². The second-order valence-electron chi connectivity index (χ2n) is 5.71. The number of carbonyl (C=O) groups excluding carboxylic acids is 1. The Hall–Kier alpha value is -0.610. The summed E-state index contributed by atoms with van der Waals surface area (Å²) in [5, 5.41) is 3.06. The van der Waals surface area contributed by atoms with Gasteiger partial charge in [0.1, 0.15) is 0 Å². The van der Waals surface area contributed by atoms with Crippen LogP contribution < -0.4 is 11.1 Å². The van der Waals surface area contributed by atoms with Gasteiger partial charge < -0.3 is 11.1 Å². The second-order valence-corrected chi connectivity index (χ2v) is 5.71. The summed E-state index contributed by atoms with van der Waals surface area (Å²) in [5.41, 5.74) is 5.84. The van der Waals surface area contributed by atoms with Gasteiger partial charge >= 0.3 is 0 Å². The lowest BCUT2D eigenvalue weighted by Crippen LogP contribution is -2.46. The number of amides is 1. The van der Waals surface area contributed by atoms with Crippen molar-refractivity contribution >= 4 is 5.91 Å². The summed E-state index contributed by atoms with van der Waals surface area (Å²) in [6.45, 7) is 8.85. The summed E-state index contributed by atoms with van der Waals surface area (Å²) < 4.78 is 0. The number of hydrogen-bond acceptors (Lipinski definition) is 3. The SMILES string of the molecule is CC(C)CC(C)NC(=O)CN1CCC(N)CC1. The highest BCUT2D eigenvalue weighted by Crippen LogP contribution is 2.08. The zero-order valence-corrected chi connectivity index (χ0v) is 11.4. The second kappa shape index (κ2) is 6.97. The van der Waals surface area contributed by atoms with Crippen LogP contribution in [0, 0.1) is 5.92 Å². The quantitative estimate of drug-likeness (QED) is 0.754. The molecule has 3 N–H and O–H groups in total. The molecule has 17 heavy (non-hydrogen) atoms. The maximum absolute atomic E-state index is 11.8. The molecule has 0 bridgehead atoms. The Morgan fingerprint density at radius 1 is 1.35 bits per heavy atom. The van der Waals surface area contributed by atoms with E-state index in [-0.39, 0.29) is 11.9 Å². The number of rotatable bonds is 5. The lowest BCUT2D eigenvalue weighted by atomic mass is 10.0. The van der Waals surface area contributed by atoms with Gasteiger partial charge in [0.25, 0.3) is 0 Å². The number of nitrogens with two attached hydrogens (primary N) is 1. The minimum Gasteiger partial charge on any atom is -0.353 e. The van der Waals surface area contributed by atoms with Gasteiger partial charge in [-0.05, 0) is 32.1 Å². The van der Waals surface area contributed by atoms with E-state index in [2.05, 4.69) is 31.0 Å². The maximum atomic E-state index is 11.8. The number of nitrogens with one attached hydrogen (secondary N) is 1. The van der Waals surface area contributed by atoms with Crippen molar-refractivity contribution in [1.82, 2.24) is 10.2 Å². The highest BCUT2D eigenvalue weighted by atomic mass is 16.2. The van der Waals surface area contributed by atoms with Crippen LogP contribution in [0.5, 0.6) is 0 Å². The predicted octanol–water partition coefficient (Wildman–Crippen LogP) is 0.960. The minimum absolute atomic E-state index is 0.147. The van der Waals surface area contributed by atoms with Gasteiger partial charge in [-0.1, -0.05) is 13.8 Å². The van der Waals surface area contributed by atoms with Gasteiger partial charge in [-0.3, -0.25) is 9.69 Å². The molecule has 0 saturated carbocycles. The number of likely N-dealkylation sites (tertiary alicyclic amines) is 1. The van der Waals surface area contributed by atoms with Crippen molar-refractivity contribution in [3.05, 3.63) is 0 Å². The average Bonchev–Trinajstić information content (AvgIpc) is 2.19. The van der Waals surface area contributed by atoms with Crippen LogP contribution in [0.15, 0.2) is 0 Å². The van der Waals surface area contributed by atoms with Crippen molar-refractivity contribution in [2.24, 2.45) is 11.7 Å². The molecule has 0 aromatic heterocycles. The Morgan fingerprint density at radius 3 is 2.47 bits per heavy atom. The fourth-order valence-corrected chi connectivity index (χ4v) is 2.40. The molecule has 0 aromatic carbocycles. The molecule has 1 atom stereocenters. The molecule has 1 unspecified atom stereocenters. The third-order valence-corrected chi connectivity index (χ3v) is 3.23. The molecule has 1 amide bonds. The monoisotopic (exact) mass is 241 g/mol. The largest absolute Gasteiger partial charge is 0.353 e. The van der Waals surface area contributed by atoms with Gasteiger partial charge in [-0.25, -0.2) is 0 Å². The van der Waals surface area contributed by atoms with Gasteiger partial charge in [0.05, 0.1) is 6.54 Å². The number of nitrogens with zero attached hydrogens (tertiary/aromatic N) is 1. The van der Waals surface area contributed by atoms with E-state index in [1.54, 1.807) is 0 Å². The van der Waals surface area contributed by atoms with E-state index in [1.165, 1.54) is 0 Å². The standard InChI is InChI=1S/C13H27N3O/c1-10(2)8-11(3)15-13(17)9-16-6-4-12(14)5-7-16/h10-12H,4-9,14H2,1-3H3,(H,15,17). The van der Waals surface area contributed by atoms with E-state index in [4.69, 9.17) is 5.73 Å². The summed E-state index contributed by atoms with van der Waals surface area (Å²) in [6.07, 6.45) is 3.06. The molecule has 4 heteroatoms. The van der Waals surface area contributed by atoms with Gasteiger partial charge in [0, 0.05) is 25.2 Å². The molecule has 0 aliphatic carbocycles. The molecule has 1 aliphatic heterocycles. The normalized spacial score (nSPS) is 20.5. The van der Waals surface area contributed by atoms with Crippen LogP contribution in [0.3, 0.4) is 0 Å². The van der Waals surface area contributed by atoms with Gasteiger partial charge in [0.2, 0.25) is 5.91 Å². The molecule has 0 aromatic rings. The molecule has 1 rings (SSSR count). The topological polar surface area (TPSA) is 58.4 Å². The van der Waals surface area contributed by atoms with Crippen molar-refractivity contribution in [2.75, 3.05) is 19.6 Å². The van der Waals surface area contributed by atoms with Crippen molar-refractivity contribution in [3.8, 4) is 0 Å². The number of hydrogen-bond donors (Lipinski definition) is 2. The highest BCUT2D eigenvalue weighted by molar-refractivity contribution is 5.78. The zero-order valence-electron chi connectivity index (χ0n) is 11.4. The van der Waals surface area contributed by atoms with E-state index < -0.39 is 0 Å². The summed E-state index contributed by atoms with van der Waals surface area (Å²) in [5.74, 6) is 0.770. The van der Waals surface area contributed by atoms with Crippen LogP contribution in [0.1, 0.15) is 40.0 Å². The summed E-state index contributed by atoms with van der Waals surface area (Å²) in [6, 6.07) is 0.601. The molecule has 1 saturated heterocycles. The number of carbonyl (C=O) groups is 1. The summed E-state index contributed by atoms with van der Waals surface area (Å²) >= 11 is 0. The third-order valence-electron chi connectivity index (χ3n) is 3.23. The Bertz CT molecular complexity index is 235. The maximum Gasteiger partial charge on any atom is 0.234 e. The van der Waals surface area contributed by atoms with E-state index >= 15 is 0 Å². The highest BCUT2D eigenvalue weighted by Gasteiger charge is 2.18. The molecule has 1 aliphatic rings. The minimum atomic E-state index is 0.147. The molecular formula is C13H27N3O. The summed E-state index contributed by atoms with van der Waals surface area (Å²) in [7, 11) is 0. The Kier molecular flexibility index (Phi) is 5.92. The van der Waals surface area contributed by atoms with Crippen LogP contribution in [0.2, 0.25) is 0 Å². The van der Waals surface area contributed by atoms with Crippen LogP contribution in [0.25, 0.3) is 0 Å². The van der Waals surface area contributed by atoms with Crippen molar-refractivity contribution in [3.63, 3.8) is 0 Å². The summed E-state index contributed by atoms with van der Waals surface area (Å²) in [4.78, 5) is 14.0. The van der Waals surface area contributed by atoms with Crippen LogP contribution in [-0.4, -0.2) is 42.5 Å². The zero-order chi connectivity index (χ0) is 12.8. The van der Waals surface area contributed by atoms with Crippen molar-refractivity contribution in [1.29, 1.82) is 0 Å². The van der Waals surface area contributed by atoms with E-state index in [0.717, 1.165) is 32.4 Å². The first kappa shape index (κ1) is 14.5. The third kappa shape index (κ3) is 6.03. The molecular weight excluding hydrogens is 214 g/mol. The lowest BCUT2D eigenvalue weighted by molar-refractivity contribution is -0.123. The molecule has 100 valence electrons. The van der Waals surface area contributed by atoms with Crippen molar-refractivity contribution < 1.29 is 4.79 Å².